The van der Waals surface area contributed by atoms with Crippen molar-refractivity contribution in [3.63, 3.8) is 0 Å². The molecule has 1 aliphatic carbocycles. The van der Waals surface area contributed by atoms with E-state index in [-0.39, 0.29) is 46.5 Å². The Morgan fingerprint density at radius 2 is 2.17 bits per heavy atom. The van der Waals surface area contributed by atoms with Crippen LogP contribution in [0, 0.1) is 6.08 Å². The zero-order chi connectivity index (χ0) is 6.53. The molecule has 0 atom stereocenters. The molecule has 1 rings (SSSR count). The van der Waals surface area contributed by atoms with E-state index in [4.69, 9.17) is 4.74 Å². The van der Waals surface area contributed by atoms with E-state index >= 15 is 0 Å². The van der Waals surface area contributed by atoms with Gasteiger partial charge in [-0.3, -0.25) is 0 Å². The average Bonchev–Trinajstić information content (AvgIpc) is 2.34. The van der Waals surface area contributed by atoms with Crippen LogP contribution in [0.5, 0.6) is 0 Å². The first kappa shape index (κ1) is 18.4. The maximum Gasteiger partial charge on any atom is 3.00 e. The van der Waals surface area contributed by atoms with Crippen molar-refractivity contribution in [2.75, 3.05) is 6.61 Å². The number of rotatable bonds is 3. The minimum Gasteiger partial charge on any atom is -1.00 e. The zero-order valence-electron chi connectivity index (χ0n) is 6.94. The first-order chi connectivity index (χ1) is 4.43. The second-order valence-corrected chi connectivity index (χ2v) is 2.00. The summed E-state index contributed by atoms with van der Waals surface area (Å²) in [5.74, 6) is 0.914. The monoisotopic (exact) mass is 241 g/mol. The van der Waals surface area contributed by atoms with Crippen LogP contribution in [0.3, 0.4) is 0 Å². The van der Waals surface area contributed by atoms with Crippen LogP contribution < -0.4 is 24.8 Å². The molecule has 0 aromatic heterocycles. The molecule has 0 heterocycles. The summed E-state index contributed by atoms with van der Waals surface area (Å²) >= 11 is 0. The fraction of sp³-hybridized carbons (Fsp3) is 0.500. The maximum atomic E-state index is 5.27. The van der Waals surface area contributed by atoms with Crippen LogP contribution in [0.15, 0.2) is 17.9 Å². The second-order valence-electron chi connectivity index (χ2n) is 2.00. The Balaban J connectivity index is -0.000000270. The Morgan fingerprint density at radius 1 is 1.50 bits per heavy atom. The number of halogens is 2. The molecule has 0 fully saturated rings. The standard InChI is InChI=1S/C8H11O.2ClH.Ti/c1-2-7-9-8-5-3-4-6-8;;;/h3,5H,2,4,7H2,1H3;2*1H;/q-1;;;+3/p-2. The molecule has 0 unspecified atom stereocenters. The van der Waals surface area contributed by atoms with Gasteiger partial charge in [0.15, 0.2) is 0 Å². The summed E-state index contributed by atoms with van der Waals surface area (Å²) in [6.07, 6.45) is 9.07. The van der Waals surface area contributed by atoms with E-state index in [9.17, 15) is 0 Å². The summed E-state index contributed by atoms with van der Waals surface area (Å²) < 4.78 is 5.27. The summed E-state index contributed by atoms with van der Waals surface area (Å²) in [6.45, 7) is 2.91. The molecule has 1 nitrogen and oxygen atoms in total. The van der Waals surface area contributed by atoms with Gasteiger partial charge in [0.1, 0.15) is 0 Å². The molecule has 12 heavy (non-hydrogen) atoms. The van der Waals surface area contributed by atoms with Gasteiger partial charge in [-0.05, 0) is 6.42 Å². The molecule has 0 saturated heterocycles. The van der Waals surface area contributed by atoms with Gasteiger partial charge in [-0.2, -0.15) is 12.2 Å². The van der Waals surface area contributed by atoms with Gasteiger partial charge in [0.2, 0.25) is 0 Å². The third-order valence-electron chi connectivity index (χ3n) is 1.13. The molecular weight excluding hydrogens is 231 g/mol. The van der Waals surface area contributed by atoms with Crippen molar-refractivity contribution in [2.45, 2.75) is 19.8 Å². The van der Waals surface area contributed by atoms with E-state index in [0.717, 1.165) is 25.2 Å². The van der Waals surface area contributed by atoms with Crippen molar-refractivity contribution in [2.24, 2.45) is 0 Å². The van der Waals surface area contributed by atoms with Crippen LogP contribution >= 0.6 is 0 Å². The topological polar surface area (TPSA) is 9.23 Å². The summed E-state index contributed by atoms with van der Waals surface area (Å²) in [4.78, 5) is 0. The molecule has 0 aliphatic heterocycles. The summed E-state index contributed by atoms with van der Waals surface area (Å²) in [6, 6.07) is 0. The predicted molar refractivity (Wildman–Crippen MR) is 36.8 cm³/mol. The van der Waals surface area contributed by atoms with Gasteiger partial charge in [0.05, 0.1) is 6.61 Å². The van der Waals surface area contributed by atoms with Gasteiger partial charge in [0, 0.05) is 0 Å². The quantitative estimate of drug-likeness (QED) is 0.363. The fourth-order valence-electron chi connectivity index (χ4n) is 0.696. The minimum atomic E-state index is 0. The number of allylic oxidation sites excluding steroid dienone is 3. The van der Waals surface area contributed by atoms with E-state index in [1.807, 2.05) is 12.2 Å². The molecule has 4 heteroatoms. The SMILES string of the molecule is CCCOC1=[C-]CC=C1.[Cl-].[Cl-].[Ti+3]. The number of ether oxygens (including phenoxy) is 1. The predicted octanol–water partition coefficient (Wildman–Crippen LogP) is -3.93. The van der Waals surface area contributed by atoms with Crippen LogP contribution in [0.2, 0.25) is 0 Å². The molecule has 67 valence electrons. The molecule has 0 bridgehead atoms. The molecule has 0 aromatic carbocycles. The first-order valence-electron chi connectivity index (χ1n) is 3.33. The van der Waals surface area contributed by atoms with E-state index in [1.54, 1.807) is 0 Å². The maximum absolute atomic E-state index is 5.27. The first-order valence-corrected chi connectivity index (χ1v) is 3.33. The molecule has 1 aliphatic rings. The Morgan fingerprint density at radius 3 is 2.58 bits per heavy atom. The molecule has 0 spiro atoms. The third-order valence-corrected chi connectivity index (χ3v) is 1.13. The van der Waals surface area contributed by atoms with E-state index < -0.39 is 0 Å². The average molecular weight is 242 g/mol. The molecule has 0 aromatic rings. The zero-order valence-corrected chi connectivity index (χ0v) is 10.0. The molecule has 0 N–H and O–H groups in total. The van der Waals surface area contributed by atoms with Gasteiger partial charge < -0.3 is 29.6 Å². The number of hydrogen-bond acceptors (Lipinski definition) is 1. The summed E-state index contributed by atoms with van der Waals surface area (Å²) in [7, 11) is 0. The normalized spacial score (nSPS) is 11.9. The number of hydrogen-bond donors (Lipinski definition) is 0. The fourth-order valence-corrected chi connectivity index (χ4v) is 0.696. The van der Waals surface area contributed by atoms with Crippen molar-refractivity contribution in [3.8, 4) is 0 Å². The van der Waals surface area contributed by atoms with Gasteiger partial charge in [-0.1, -0.05) is 12.7 Å². The Kier molecular flexibility index (Phi) is 17.7. The second kappa shape index (κ2) is 11.6. The van der Waals surface area contributed by atoms with Crippen LogP contribution in [0.25, 0.3) is 0 Å². The Labute approximate surface area is 101 Å². The van der Waals surface area contributed by atoms with Gasteiger partial charge in [-0.15, -0.1) is 6.42 Å². The van der Waals surface area contributed by atoms with Gasteiger partial charge >= 0.3 is 21.7 Å². The Bertz CT molecular complexity index is 146. The van der Waals surface area contributed by atoms with E-state index in [0.29, 0.717) is 0 Å². The summed E-state index contributed by atoms with van der Waals surface area (Å²) in [5.41, 5.74) is 0. The minimum absolute atomic E-state index is 0. The third kappa shape index (κ3) is 7.24. The van der Waals surface area contributed by atoms with Crippen molar-refractivity contribution in [3.05, 3.63) is 24.0 Å². The van der Waals surface area contributed by atoms with Gasteiger partial charge in [-0.25, -0.2) is 6.08 Å². The molecule has 1 radical (unpaired) electrons. The molecule has 0 amide bonds. The van der Waals surface area contributed by atoms with Crippen molar-refractivity contribution >= 4 is 0 Å². The van der Waals surface area contributed by atoms with Crippen LogP contribution in [0.1, 0.15) is 19.8 Å². The van der Waals surface area contributed by atoms with Crippen molar-refractivity contribution in [1.29, 1.82) is 0 Å². The largest absolute Gasteiger partial charge is 3.00 e. The van der Waals surface area contributed by atoms with Crippen molar-refractivity contribution < 1.29 is 51.3 Å². The van der Waals surface area contributed by atoms with Crippen LogP contribution in [0.4, 0.5) is 0 Å². The molecular formula is C8H11Cl2OTi. The van der Waals surface area contributed by atoms with Gasteiger partial charge in [0.25, 0.3) is 0 Å². The van der Waals surface area contributed by atoms with E-state index in [1.165, 1.54) is 0 Å². The van der Waals surface area contributed by atoms with Crippen molar-refractivity contribution in [1.82, 2.24) is 0 Å². The van der Waals surface area contributed by atoms with E-state index in [2.05, 4.69) is 13.0 Å². The van der Waals surface area contributed by atoms with Crippen LogP contribution in [-0.2, 0) is 26.5 Å². The van der Waals surface area contributed by atoms with Crippen LogP contribution in [-0.4, -0.2) is 6.61 Å². The Hall–Kier alpha value is 0.574. The smallest absolute Gasteiger partial charge is 1.00 e. The molecule has 0 saturated carbocycles. The summed E-state index contributed by atoms with van der Waals surface area (Å²) in [5, 5.41) is 0.